The number of ether oxygens (including phenoxy) is 2. The molecule has 1 fully saturated rings. The summed E-state index contributed by atoms with van der Waals surface area (Å²) in [6.45, 7) is 3.10. The Morgan fingerprint density at radius 2 is 2.38 bits per heavy atom. The summed E-state index contributed by atoms with van der Waals surface area (Å²) in [7, 11) is 0. The molecule has 5 heteroatoms. The van der Waals surface area contributed by atoms with Gasteiger partial charge in [-0.05, 0) is 0 Å². The molecule has 0 aromatic heterocycles. The zero-order chi connectivity index (χ0) is 9.68. The lowest BCUT2D eigenvalue weighted by atomic mass is 10.2. The second kappa shape index (κ2) is 4.94. The number of hydrogen-bond acceptors (Lipinski definition) is 5. The Bertz CT molecular complexity index is 198. The van der Waals surface area contributed by atoms with Gasteiger partial charge >= 0.3 is 11.9 Å². The fourth-order valence-corrected chi connectivity index (χ4v) is 1.15. The van der Waals surface area contributed by atoms with Crippen LogP contribution in [-0.4, -0.2) is 37.7 Å². The van der Waals surface area contributed by atoms with Crippen LogP contribution in [0.1, 0.15) is 13.3 Å². The Hall–Kier alpha value is -0.940. The van der Waals surface area contributed by atoms with Gasteiger partial charge in [0, 0.05) is 19.5 Å². The third kappa shape index (κ3) is 4.00. The molecule has 1 rings (SSSR count). The molecule has 0 spiro atoms. The molecule has 1 N–H and O–H groups in total. The van der Waals surface area contributed by atoms with Crippen LogP contribution in [0, 0.1) is 0 Å². The van der Waals surface area contributed by atoms with E-state index in [0.717, 1.165) is 6.54 Å². The molecule has 1 heterocycles. The van der Waals surface area contributed by atoms with Gasteiger partial charge in [-0.2, -0.15) is 0 Å². The largest absolute Gasteiger partial charge is 0.393 e. The van der Waals surface area contributed by atoms with Gasteiger partial charge in [0.2, 0.25) is 0 Å². The minimum Gasteiger partial charge on any atom is -0.393 e. The Morgan fingerprint density at radius 3 is 2.92 bits per heavy atom. The van der Waals surface area contributed by atoms with Crippen LogP contribution < -0.4 is 5.32 Å². The van der Waals surface area contributed by atoms with Crippen LogP contribution in [-0.2, 0) is 19.1 Å². The zero-order valence-electron chi connectivity index (χ0n) is 7.54. The standard InChI is InChI=1S/C8H13NO4/c1-6(10)13-8(11)4-7-5-12-3-2-9-7/h7,9H,2-5H2,1H3. The van der Waals surface area contributed by atoms with Gasteiger partial charge in [-0.1, -0.05) is 0 Å². The Labute approximate surface area is 76.4 Å². The second-order valence-corrected chi connectivity index (χ2v) is 2.90. The monoisotopic (exact) mass is 187 g/mol. The van der Waals surface area contributed by atoms with Crippen molar-refractivity contribution in [2.45, 2.75) is 19.4 Å². The van der Waals surface area contributed by atoms with E-state index in [1.54, 1.807) is 0 Å². The molecule has 1 saturated heterocycles. The zero-order valence-corrected chi connectivity index (χ0v) is 7.54. The first-order valence-electron chi connectivity index (χ1n) is 4.21. The van der Waals surface area contributed by atoms with Crippen molar-refractivity contribution in [1.82, 2.24) is 5.32 Å². The van der Waals surface area contributed by atoms with Gasteiger partial charge in [0.05, 0.1) is 19.6 Å². The van der Waals surface area contributed by atoms with Crippen molar-refractivity contribution in [3.8, 4) is 0 Å². The van der Waals surface area contributed by atoms with E-state index in [1.165, 1.54) is 6.92 Å². The summed E-state index contributed by atoms with van der Waals surface area (Å²) < 4.78 is 9.51. The molecule has 0 saturated carbocycles. The van der Waals surface area contributed by atoms with Crippen LogP contribution in [0.3, 0.4) is 0 Å². The van der Waals surface area contributed by atoms with E-state index in [4.69, 9.17) is 4.74 Å². The number of carbonyl (C=O) groups excluding carboxylic acids is 2. The normalized spacial score (nSPS) is 22.4. The first-order valence-corrected chi connectivity index (χ1v) is 4.21. The number of nitrogens with one attached hydrogen (secondary N) is 1. The quantitative estimate of drug-likeness (QED) is 0.464. The summed E-state index contributed by atoms with van der Waals surface area (Å²) in [5.74, 6) is -1.07. The lowest BCUT2D eigenvalue weighted by Crippen LogP contribution is -2.42. The van der Waals surface area contributed by atoms with Gasteiger partial charge in [-0.3, -0.25) is 9.59 Å². The van der Waals surface area contributed by atoms with Crippen molar-refractivity contribution in [1.29, 1.82) is 0 Å². The lowest BCUT2D eigenvalue weighted by molar-refractivity contribution is -0.158. The van der Waals surface area contributed by atoms with Crippen molar-refractivity contribution in [3.63, 3.8) is 0 Å². The maximum Gasteiger partial charge on any atom is 0.315 e. The third-order valence-electron chi connectivity index (χ3n) is 1.67. The van der Waals surface area contributed by atoms with Crippen molar-refractivity contribution >= 4 is 11.9 Å². The second-order valence-electron chi connectivity index (χ2n) is 2.90. The molecule has 1 atom stereocenters. The van der Waals surface area contributed by atoms with Crippen LogP contribution in [0.15, 0.2) is 0 Å². The van der Waals surface area contributed by atoms with Crippen LogP contribution in [0.5, 0.6) is 0 Å². The van der Waals surface area contributed by atoms with Crippen LogP contribution in [0.25, 0.3) is 0 Å². The molecule has 0 amide bonds. The van der Waals surface area contributed by atoms with Gasteiger partial charge < -0.3 is 14.8 Å². The highest BCUT2D eigenvalue weighted by Crippen LogP contribution is 2.00. The molecule has 0 radical (unpaired) electrons. The van der Waals surface area contributed by atoms with E-state index in [1.807, 2.05) is 0 Å². The molecule has 74 valence electrons. The van der Waals surface area contributed by atoms with Gasteiger partial charge in [0.15, 0.2) is 0 Å². The molecular weight excluding hydrogens is 174 g/mol. The average molecular weight is 187 g/mol. The number of morpholine rings is 1. The Morgan fingerprint density at radius 1 is 1.62 bits per heavy atom. The number of rotatable bonds is 2. The minimum absolute atomic E-state index is 0.0272. The molecule has 0 aromatic carbocycles. The maximum atomic E-state index is 11.0. The molecule has 13 heavy (non-hydrogen) atoms. The molecule has 0 aromatic rings. The average Bonchev–Trinajstić information content (AvgIpc) is 2.04. The lowest BCUT2D eigenvalue weighted by Gasteiger charge is -2.22. The van der Waals surface area contributed by atoms with E-state index >= 15 is 0 Å². The highest BCUT2D eigenvalue weighted by molar-refractivity contribution is 5.84. The molecule has 5 nitrogen and oxygen atoms in total. The van der Waals surface area contributed by atoms with Gasteiger partial charge in [0.1, 0.15) is 0 Å². The minimum atomic E-state index is -0.568. The fourth-order valence-electron chi connectivity index (χ4n) is 1.15. The molecule has 1 unspecified atom stereocenters. The van der Waals surface area contributed by atoms with Crippen molar-refractivity contribution in [2.24, 2.45) is 0 Å². The highest BCUT2D eigenvalue weighted by atomic mass is 16.6. The Kier molecular flexibility index (Phi) is 3.85. The summed E-state index contributed by atoms with van der Waals surface area (Å²) in [6, 6.07) is -0.0272. The highest BCUT2D eigenvalue weighted by Gasteiger charge is 2.18. The van der Waals surface area contributed by atoms with Crippen LogP contribution >= 0.6 is 0 Å². The summed E-state index contributed by atoms with van der Waals surface area (Å²) in [6.07, 6.45) is 0.180. The first-order chi connectivity index (χ1) is 6.18. The fraction of sp³-hybridized carbons (Fsp3) is 0.750. The Balaban J connectivity index is 2.22. The van der Waals surface area contributed by atoms with Crippen molar-refractivity contribution < 1.29 is 19.1 Å². The van der Waals surface area contributed by atoms with E-state index in [-0.39, 0.29) is 12.5 Å². The van der Waals surface area contributed by atoms with Crippen LogP contribution in [0.2, 0.25) is 0 Å². The maximum absolute atomic E-state index is 11.0. The molecule has 0 aliphatic carbocycles. The van der Waals surface area contributed by atoms with E-state index in [9.17, 15) is 9.59 Å². The number of esters is 2. The van der Waals surface area contributed by atoms with E-state index in [0.29, 0.717) is 13.2 Å². The van der Waals surface area contributed by atoms with Gasteiger partial charge in [-0.15, -0.1) is 0 Å². The predicted molar refractivity (Wildman–Crippen MR) is 44.0 cm³/mol. The topological polar surface area (TPSA) is 64.6 Å². The smallest absolute Gasteiger partial charge is 0.315 e. The summed E-state index contributed by atoms with van der Waals surface area (Å²) in [5, 5.41) is 3.09. The molecule has 1 aliphatic heterocycles. The van der Waals surface area contributed by atoms with Crippen LogP contribution in [0.4, 0.5) is 0 Å². The van der Waals surface area contributed by atoms with E-state index in [2.05, 4.69) is 10.1 Å². The summed E-state index contributed by atoms with van der Waals surface area (Å²) >= 11 is 0. The summed E-state index contributed by atoms with van der Waals surface area (Å²) in [5.41, 5.74) is 0. The van der Waals surface area contributed by atoms with Crippen molar-refractivity contribution in [3.05, 3.63) is 0 Å². The van der Waals surface area contributed by atoms with Crippen molar-refractivity contribution in [2.75, 3.05) is 19.8 Å². The molecule has 1 aliphatic rings. The predicted octanol–water partition coefficient (Wildman–Crippen LogP) is -0.545. The molecule has 0 bridgehead atoms. The number of carbonyl (C=O) groups is 2. The van der Waals surface area contributed by atoms with Gasteiger partial charge in [-0.25, -0.2) is 0 Å². The number of hydrogen-bond donors (Lipinski definition) is 1. The third-order valence-corrected chi connectivity index (χ3v) is 1.67. The van der Waals surface area contributed by atoms with Gasteiger partial charge in [0.25, 0.3) is 0 Å². The first kappa shape index (κ1) is 10.1. The van der Waals surface area contributed by atoms with E-state index < -0.39 is 11.9 Å². The summed E-state index contributed by atoms with van der Waals surface area (Å²) in [4.78, 5) is 21.4. The molecular formula is C8H13NO4. The SMILES string of the molecule is CC(=O)OC(=O)CC1COCCN1.